The molecule has 4 rings (SSSR count). The van der Waals surface area contributed by atoms with E-state index in [-0.39, 0.29) is 12.1 Å². The van der Waals surface area contributed by atoms with Gasteiger partial charge in [0, 0.05) is 18.6 Å². The van der Waals surface area contributed by atoms with Crippen molar-refractivity contribution in [3.63, 3.8) is 0 Å². The van der Waals surface area contributed by atoms with Crippen molar-refractivity contribution >= 4 is 0 Å². The van der Waals surface area contributed by atoms with Gasteiger partial charge in [0.15, 0.2) is 0 Å². The molecule has 3 nitrogen and oxygen atoms in total. The molecular weight excluding hydrogens is 250 g/mol. The van der Waals surface area contributed by atoms with E-state index in [1.54, 1.807) is 0 Å². The van der Waals surface area contributed by atoms with Gasteiger partial charge in [-0.05, 0) is 43.2 Å². The Labute approximate surface area is 120 Å². The minimum atomic E-state index is -0.334. The third-order valence-electron chi connectivity index (χ3n) is 5.40. The molecule has 1 aromatic carbocycles. The van der Waals surface area contributed by atoms with E-state index >= 15 is 0 Å². The molecule has 1 aromatic rings. The Balaban J connectivity index is 1.60. The number of nitrogens with zero attached hydrogens (tertiary/aromatic N) is 1. The SMILES string of the molecule is OC1c2ccccc2CCC1N1CCOC2CCCC21. The maximum absolute atomic E-state index is 10.8. The van der Waals surface area contributed by atoms with Crippen LogP contribution in [0.15, 0.2) is 24.3 Å². The summed E-state index contributed by atoms with van der Waals surface area (Å²) >= 11 is 0. The first-order valence-corrected chi connectivity index (χ1v) is 7.98. The lowest BCUT2D eigenvalue weighted by Gasteiger charge is -2.46. The van der Waals surface area contributed by atoms with Crippen molar-refractivity contribution in [1.82, 2.24) is 4.90 Å². The Morgan fingerprint density at radius 1 is 1.10 bits per heavy atom. The number of morpholine rings is 1. The highest BCUT2D eigenvalue weighted by molar-refractivity contribution is 5.32. The third kappa shape index (κ3) is 2.00. The molecule has 108 valence electrons. The summed E-state index contributed by atoms with van der Waals surface area (Å²) in [5.41, 5.74) is 2.47. The van der Waals surface area contributed by atoms with Crippen LogP contribution in [0.1, 0.15) is 42.9 Å². The maximum Gasteiger partial charge on any atom is 0.0948 e. The van der Waals surface area contributed by atoms with E-state index in [2.05, 4.69) is 23.1 Å². The second-order valence-corrected chi connectivity index (χ2v) is 6.39. The normalized spacial score (nSPS) is 37.5. The molecule has 2 fully saturated rings. The Kier molecular flexibility index (Phi) is 3.29. The monoisotopic (exact) mass is 273 g/mol. The fraction of sp³-hybridized carbons (Fsp3) is 0.647. The number of aliphatic hydroxyl groups is 1. The van der Waals surface area contributed by atoms with Crippen molar-refractivity contribution in [3.05, 3.63) is 35.4 Å². The van der Waals surface area contributed by atoms with Crippen LogP contribution in [0, 0.1) is 0 Å². The molecule has 1 heterocycles. The van der Waals surface area contributed by atoms with Crippen LogP contribution in [-0.4, -0.2) is 41.3 Å². The topological polar surface area (TPSA) is 32.7 Å². The molecule has 1 aliphatic heterocycles. The third-order valence-corrected chi connectivity index (χ3v) is 5.40. The number of aryl methyl sites for hydroxylation is 1. The van der Waals surface area contributed by atoms with Gasteiger partial charge in [0.05, 0.1) is 18.8 Å². The number of rotatable bonds is 1. The fourth-order valence-corrected chi connectivity index (χ4v) is 4.43. The number of hydrogen-bond acceptors (Lipinski definition) is 3. The van der Waals surface area contributed by atoms with Crippen molar-refractivity contribution in [2.24, 2.45) is 0 Å². The Morgan fingerprint density at radius 2 is 2.00 bits per heavy atom. The molecule has 0 aromatic heterocycles. The van der Waals surface area contributed by atoms with E-state index in [9.17, 15) is 5.11 Å². The van der Waals surface area contributed by atoms with Crippen LogP contribution in [0.2, 0.25) is 0 Å². The summed E-state index contributed by atoms with van der Waals surface area (Å²) in [4.78, 5) is 2.56. The first-order valence-electron chi connectivity index (χ1n) is 7.98. The van der Waals surface area contributed by atoms with Crippen molar-refractivity contribution in [1.29, 1.82) is 0 Å². The van der Waals surface area contributed by atoms with Gasteiger partial charge in [-0.25, -0.2) is 0 Å². The number of aliphatic hydroxyl groups excluding tert-OH is 1. The van der Waals surface area contributed by atoms with Crippen LogP contribution in [0.25, 0.3) is 0 Å². The number of fused-ring (bicyclic) bond motifs is 2. The van der Waals surface area contributed by atoms with Gasteiger partial charge in [-0.2, -0.15) is 0 Å². The van der Waals surface area contributed by atoms with Crippen LogP contribution in [0.4, 0.5) is 0 Å². The molecule has 1 saturated carbocycles. The number of benzene rings is 1. The van der Waals surface area contributed by atoms with Crippen molar-refractivity contribution < 1.29 is 9.84 Å². The van der Waals surface area contributed by atoms with Gasteiger partial charge >= 0.3 is 0 Å². The smallest absolute Gasteiger partial charge is 0.0948 e. The first kappa shape index (κ1) is 12.8. The molecule has 0 radical (unpaired) electrons. The van der Waals surface area contributed by atoms with E-state index in [1.807, 2.05) is 6.07 Å². The van der Waals surface area contributed by atoms with Crippen LogP contribution in [0.5, 0.6) is 0 Å². The highest BCUT2D eigenvalue weighted by atomic mass is 16.5. The number of hydrogen-bond donors (Lipinski definition) is 1. The molecule has 3 heteroatoms. The quantitative estimate of drug-likeness (QED) is 0.852. The van der Waals surface area contributed by atoms with Gasteiger partial charge in [-0.1, -0.05) is 24.3 Å². The summed E-state index contributed by atoms with van der Waals surface area (Å²) < 4.78 is 5.90. The van der Waals surface area contributed by atoms with Gasteiger partial charge in [0.1, 0.15) is 0 Å². The Morgan fingerprint density at radius 3 is 2.95 bits per heavy atom. The standard InChI is InChI=1S/C17H23NO2/c19-17-13-5-2-1-4-12(13)8-9-15(17)18-10-11-20-16-7-3-6-14(16)18/h1-2,4-5,14-17,19H,3,6-11H2. The summed E-state index contributed by atoms with van der Waals surface area (Å²) in [5, 5.41) is 10.8. The average Bonchev–Trinajstić information content (AvgIpc) is 2.97. The molecule has 20 heavy (non-hydrogen) atoms. The lowest BCUT2D eigenvalue weighted by Crippen LogP contribution is -2.55. The minimum absolute atomic E-state index is 0.277. The summed E-state index contributed by atoms with van der Waals surface area (Å²) in [7, 11) is 0. The van der Waals surface area contributed by atoms with Crippen LogP contribution < -0.4 is 0 Å². The van der Waals surface area contributed by atoms with E-state index < -0.39 is 0 Å². The second kappa shape index (κ2) is 5.14. The van der Waals surface area contributed by atoms with Crippen LogP contribution in [-0.2, 0) is 11.2 Å². The Hall–Kier alpha value is -0.900. The average molecular weight is 273 g/mol. The van der Waals surface area contributed by atoms with E-state index in [0.29, 0.717) is 12.1 Å². The van der Waals surface area contributed by atoms with Gasteiger partial charge in [-0.3, -0.25) is 4.90 Å². The van der Waals surface area contributed by atoms with E-state index in [0.717, 1.165) is 31.6 Å². The van der Waals surface area contributed by atoms with Crippen molar-refractivity contribution in [2.45, 2.75) is 56.4 Å². The summed E-state index contributed by atoms with van der Waals surface area (Å²) in [5.74, 6) is 0. The molecule has 4 unspecified atom stereocenters. The van der Waals surface area contributed by atoms with E-state index in [4.69, 9.17) is 4.74 Å². The predicted molar refractivity (Wildman–Crippen MR) is 77.6 cm³/mol. The molecule has 2 aliphatic carbocycles. The highest BCUT2D eigenvalue weighted by Crippen LogP contribution is 2.38. The zero-order chi connectivity index (χ0) is 13.5. The van der Waals surface area contributed by atoms with Gasteiger partial charge in [0.2, 0.25) is 0 Å². The predicted octanol–water partition coefficient (Wildman–Crippen LogP) is 2.29. The lowest BCUT2D eigenvalue weighted by atomic mass is 9.84. The van der Waals surface area contributed by atoms with Crippen molar-refractivity contribution in [3.8, 4) is 0 Å². The highest BCUT2D eigenvalue weighted by Gasteiger charge is 2.42. The molecule has 0 bridgehead atoms. The van der Waals surface area contributed by atoms with Crippen LogP contribution >= 0.6 is 0 Å². The minimum Gasteiger partial charge on any atom is -0.387 e. The summed E-state index contributed by atoms with van der Waals surface area (Å²) in [6.07, 6.45) is 5.93. The first-order chi connectivity index (χ1) is 9.84. The molecule has 1 saturated heterocycles. The maximum atomic E-state index is 10.8. The summed E-state index contributed by atoms with van der Waals surface area (Å²) in [6.45, 7) is 1.80. The zero-order valence-corrected chi connectivity index (χ0v) is 11.9. The van der Waals surface area contributed by atoms with Gasteiger partial charge in [0.25, 0.3) is 0 Å². The number of ether oxygens (including phenoxy) is 1. The molecular formula is C17H23NO2. The van der Waals surface area contributed by atoms with Gasteiger partial charge in [-0.15, -0.1) is 0 Å². The molecule has 3 aliphatic rings. The fourth-order valence-electron chi connectivity index (χ4n) is 4.43. The van der Waals surface area contributed by atoms with Gasteiger partial charge < -0.3 is 9.84 Å². The van der Waals surface area contributed by atoms with Crippen LogP contribution in [0.3, 0.4) is 0 Å². The lowest BCUT2D eigenvalue weighted by molar-refractivity contribution is -0.0957. The molecule has 0 amide bonds. The molecule has 4 atom stereocenters. The zero-order valence-electron chi connectivity index (χ0n) is 11.9. The van der Waals surface area contributed by atoms with E-state index in [1.165, 1.54) is 24.8 Å². The Bertz CT molecular complexity index is 490. The molecule has 1 N–H and O–H groups in total. The van der Waals surface area contributed by atoms with Crippen molar-refractivity contribution in [2.75, 3.05) is 13.2 Å². The summed E-state index contributed by atoms with van der Waals surface area (Å²) in [6, 6.07) is 9.19. The second-order valence-electron chi connectivity index (χ2n) is 6.39. The largest absolute Gasteiger partial charge is 0.387 e. The molecule has 0 spiro atoms.